The SMILES string of the molecule is COc1cc2c(C)[s+]c3c(c2cc1OC)C(=O)c1ccccc1-3. The minimum atomic E-state index is 0.0871. The summed E-state index contributed by atoms with van der Waals surface area (Å²) < 4.78 is 10.8. The van der Waals surface area contributed by atoms with Crippen LogP contribution in [0.15, 0.2) is 36.4 Å². The van der Waals surface area contributed by atoms with Crippen molar-refractivity contribution in [2.75, 3.05) is 14.2 Å². The summed E-state index contributed by atoms with van der Waals surface area (Å²) in [6, 6.07) is 11.7. The zero-order valence-electron chi connectivity index (χ0n) is 13.1. The maximum atomic E-state index is 12.9. The molecule has 0 bridgehead atoms. The van der Waals surface area contributed by atoms with Crippen LogP contribution in [-0.2, 0) is 0 Å². The molecule has 0 saturated heterocycles. The first-order valence-corrected chi connectivity index (χ1v) is 8.14. The van der Waals surface area contributed by atoms with E-state index in [1.807, 2.05) is 36.4 Å². The smallest absolute Gasteiger partial charge is 0.250 e. The lowest BCUT2D eigenvalue weighted by atomic mass is 10.0. The summed E-state index contributed by atoms with van der Waals surface area (Å²) in [5.74, 6) is 1.41. The third-order valence-corrected chi connectivity index (χ3v) is 5.45. The largest absolute Gasteiger partial charge is 0.493 e. The van der Waals surface area contributed by atoms with Crippen LogP contribution in [0.3, 0.4) is 0 Å². The Labute approximate surface area is 138 Å². The van der Waals surface area contributed by atoms with Crippen LogP contribution in [0.25, 0.3) is 21.2 Å². The number of rotatable bonds is 2. The van der Waals surface area contributed by atoms with Gasteiger partial charge < -0.3 is 9.47 Å². The molecule has 0 unspecified atom stereocenters. The van der Waals surface area contributed by atoms with Crippen LogP contribution in [0.4, 0.5) is 0 Å². The zero-order chi connectivity index (χ0) is 16.1. The van der Waals surface area contributed by atoms with Gasteiger partial charge in [0.25, 0.3) is 4.88 Å². The highest BCUT2D eigenvalue weighted by molar-refractivity contribution is 7.16. The number of fused-ring (bicyclic) bond motifs is 5. The molecule has 3 nitrogen and oxygen atoms in total. The molecule has 0 amide bonds. The Morgan fingerprint density at radius 1 is 0.913 bits per heavy atom. The van der Waals surface area contributed by atoms with Gasteiger partial charge in [0.1, 0.15) is 0 Å². The topological polar surface area (TPSA) is 35.5 Å². The van der Waals surface area contributed by atoms with Crippen LogP contribution < -0.4 is 9.47 Å². The molecule has 0 N–H and O–H groups in total. The van der Waals surface area contributed by atoms with Gasteiger partial charge in [0.15, 0.2) is 17.3 Å². The summed E-state index contributed by atoms with van der Waals surface area (Å²) >= 11 is 1.66. The number of methoxy groups -OCH3 is 2. The number of carbonyl (C=O) groups excluding carboxylic acids is 1. The summed E-state index contributed by atoms with van der Waals surface area (Å²) in [7, 11) is 3.23. The van der Waals surface area contributed by atoms with Crippen LogP contribution >= 0.6 is 11.3 Å². The molecule has 0 radical (unpaired) electrons. The number of hydrogen-bond donors (Lipinski definition) is 0. The molecule has 0 aliphatic heterocycles. The molecule has 0 fully saturated rings. The lowest BCUT2D eigenvalue weighted by Crippen LogP contribution is -1.98. The van der Waals surface area contributed by atoms with Crippen molar-refractivity contribution in [3.63, 3.8) is 0 Å². The molecule has 1 heterocycles. The van der Waals surface area contributed by atoms with Crippen molar-refractivity contribution in [3.8, 4) is 21.9 Å². The molecule has 3 aromatic rings. The molecule has 1 aromatic heterocycles. The van der Waals surface area contributed by atoms with Gasteiger partial charge in [0.2, 0.25) is 16.2 Å². The zero-order valence-corrected chi connectivity index (χ0v) is 13.9. The molecule has 0 saturated carbocycles. The second-order valence-electron chi connectivity index (χ2n) is 5.49. The fraction of sp³-hybridized carbons (Fsp3) is 0.158. The first-order chi connectivity index (χ1) is 11.2. The molecular formula is C19H15O3S+. The summed E-state index contributed by atoms with van der Waals surface area (Å²) in [6.45, 7) is 2.07. The Kier molecular flexibility index (Phi) is 3.10. The van der Waals surface area contributed by atoms with E-state index >= 15 is 0 Å². The number of ether oxygens (including phenoxy) is 2. The number of benzene rings is 2. The van der Waals surface area contributed by atoms with Crippen molar-refractivity contribution < 1.29 is 14.3 Å². The number of carbonyl (C=O) groups is 1. The van der Waals surface area contributed by atoms with Crippen molar-refractivity contribution in [1.29, 1.82) is 0 Å². The normalized spacial score (nSPS) is 12.2. The highest BCUT2D eigenvalue weighted by Gasteiger charge is 2.37. The van der Waals surface area contributed by atoms with Crippen molar-refractivity contribution >= 4 is 27.9 Å². The average molecular weight is 323 g/mol. The Balaban J connectivity index is 2.13. The first kappa shape index (κ1) is 14.2. The predicted octanol–water partition coefficient (Wildman–Crippen LogP) is 4.72. The van der Waals surface area contributed by atoms with Crippen molar-refractivity contribution in [1.82, 2.24) is 0 Å². The Morgan fingerprint density at radius 3 is 2.17 bits per heavy atom. The maximum Gasteiger partial charge on any atom is 0.250 e. The molecule has 1 aliphatic carbocycles. The van der Waals surface area contributed by atoms with E-state index in [2.05, 4.69) is 6.92 Å². The molecule has 1 aliphatic rings. The monoisotopic (exact) mass is 323 g/mol. The molecular weight excluding hydrogens is 308 g/mol. The van der Waals surface area contributed by atoms with E-state index in [0.29, 0.717) is 11.5 Å². The molecule has 114 valence electrons. The summed E-state index contributed by atoms with van der Waals surface area (Å²) in [5, 5.41) is 1.96. The highest BCUT2D eigenvalue weighted by atomic mass is 32.1. The lowest BCUT2D eigenvalue weighted by molar-refractivity contribution is 0.104. The van der Waals surface area contributed by atoms with Gasteiger partial charge in [-0.05, 0) is 18.2 Å². The quantitative estimate of drug-likeness (QED) is 0.501. The fourth-order valence-electron chi connectivity index (χ4n) is 3.19. The van der Waals surface area contributed by atoms with Crippen LogP contribution in [0.1, 0.15) is 20.8 Å². The highest BCUT2D eigenvalue weighted by Crippen LogP contribution is 2.46. The molecule has 23 heavy (non-hydrogen) atoms. The minimum Gasteiger partial charge on any atom is -0.493 e. The molecule has 2 aromatic carbocycles. The van der Waals surface area contributed by atoms with E-state index in [0.717, 1.165) is 37.2 Å². The van der Waals surface area contributed by atoms with Crippen LogP contribution in [0, 0.1) is 6.92 Å². The van der Waals surface area contributed by atoms with Crippen molar-refractivity contribution in [2.45, 2.75) is 6.92 Å². The summed E-state index contributed by atoms with van der Waals surface area (Å²) in [5.41, 5.74) is 2.58. The lowest BCUT2D eigenvalue weighted by Gasteiger charge is -2.09. The van der Waals surface area contributed by atoms with Gasteiger partial charge in [-0.3, -0.25) is 4.79 Å². The molecule has 4 heteroatoms. The van der Waals surface area contributed by atoms with E-state index in [-0.39, 0.29) is 5.78 Å². The first-order valence-electron chi connectivity index (χ1n) is 7.32. The Bertz CT molecular complexity index is 976. The number of hydrogen-bond acceptors (Lipinski definition) is 3. The number of ketones is 1. The predicted molar refractivity (Wildman–Crippen MR) is 92.9 cm³/mol. The van der Waals surface area contributed by atoms with Crippen molar-refractivity contribution in [2.24, 2.45) is 0 Å². The van der Waals surface area contributed by atoms with E-state index in [4.69, 9.17) is 9.47 Å². The van der Waals surface area contributed by atoms with Gasteiger partial charge in [-0.2, -0.15) is 0 Å². The maximum absolute atomic E-state index is 12.9. The van der Waals surface area contributed by atoms with E-state index in [1.165, 1.54) is 0 Å². The van der Waals surface area contributed by atoms with E-state index < -0.39 is 0 Å². The second-order valence-corrected chi connectivity index (χ2v) is 6.71. The molecule has 0 spiro atoms. The van der Waals surface area contributed by atoms with E-state index in [9.17, 15) is 4.79 Å². The van der Waals surface area contributed by atoms with E-state index in [1.54, 1.807) is 25.6 Å². The van der Waals surface area contributed by atoms with Gasteiger partial charge >= 0.3 is 0 Å². The third-order valence-electron chi connectivity index (χ3n) is 4.30. The fourth-order valence-corrected chi connectivity index (χ4v) is 4.37. The van der Waals surface area contributed by atoms with Crippen molar-refractivity contribution in [3.05, 3.63) is 52.4 Å². The molecule has 4 rings (SSSR count). The van der Waals surface area contributed by atoms with Gasteiger partial charge in [-0.15, -0.1) is 0 Å². The second kappa shape index (κ2) is 5.03. The summed E-state index contributed by atoms with van der Waals surface area (Å²) in [6.07, 6.45) is 0. The number of aryl methyl sites for hydroxylation is 1. The Hall–Kier alpha value is -2.46. The minimum absolute atomic E-state index is 0.0871. The Morgan fingerprint density at radius 2 is 1.52 bits per heavy atom. The van der Waals surface area contributed by atoms with Gasteiger partial charge in [-0.1, -0.05) is 18.2 Å². The standard InChI is InChI=1S/C19H15O3S/c1-10-13-8-15(21-2)16(22-3)9-14(13)17-18(20)11-6-4-5-7-12(11)19(17)23-10/h4-9H,1-3H3/q+1. The van der Waals surface area contributed by atoms with Crippen LogP contribution in [0.2, 0.25) is 0 Å². The van der Waals surface area contributed by atoms with Crippen LogP contribution in [0.5, 0.6) is 11.5 Å². The van der Waals surface area contributed by atoms with Gasteiger partial charge in [0, 0.05) is 23.3 Å². The summed E-state index contributed by atoms with van der Waals surface area (Å²) in [4.78, 5) is 15.1. The average Bonchev–Trinajstić information content (AvgIpc) is 2.87. The third kappa shape index (κ3) is 1.88. The van der Waals surface area contributed by atoms with Gasteiger partial charge in [-0.25, -0.2) is 0 Å². The van der Waals surface area contributed by atoms with Crippen LogP contribution in [-0.4, -0.2) is 20.0 Å². The van der Waals surface area contributed by atoms with Gasteiger partial charge in [0.05, 0.1) is 25.3 Å². The molecule has 0 atom stereocenters.